The lowest BCUT2D eigenvalue weighted by Crippen LogP contribution is -2.46. The van der Waals surface area contributed by atoms with Crippen LogP contribution >= 0.6 is 0 Å². The van der Waals surface area contributed by atoms with Gasteiger partial charge in [-0.15, -0.1) is 0 Å². The van der Waals surface area contributed by atoms with Crippen LogP contribution in [-0.2, 0) is 16.0 Å². The van der Waals surface area contributed by atoms with Crippen molar-refractivity contribution >= 4 is 34.2 Å². The molecule has 0 aliphatic carbocycles. The molecule has 3 atom stereocenters. The number of likely N-dealkylation sites (tertiary alicyclic amines) is 2. The molecule has 0 unspecified atom stereocenters. The summed E-state index contributed by atoms with van der Waals surface area (Å²) >= 11 is 0. The maximum atomic E-state index is 13.4. The number of aromatic nitrogens is 3. The second-order valence-corrected chi connectivity index (χ2v) is 10.7. The average Bonchev–Trinajstić information content (AvgIpc) is 3.33. The van der Waals surface area contributed by atoms with Crippen LogP contribution < -0.4 is 11.1 Å². The van der Waals surface area contributed by atoms with Gasteiger partial charge in [-0.1, -0.05) is 19.9 Å². The quantitative estimate of drug-likeness (QED) is 0.525. The highest BCUT2D eigenvalue weighted by Gasteiger charge is 2.34. The molecular formula is C28H37N7O2. The molecule has 0 bridgehead atoms. The van der Waals surface area contributed by atoms with Gasteiger partial charge in [0.25, 0.3) is 0 Å². The summed E-state index contributed by atoms with van der Waals surface area (Å²) in [5.41, 5.74) is 9.21. The van der Waals surface area contributed by atoms with E-state index >= 15 is 0 Å². The molecule has 1 aromatic carbocycles. The fourth-order valence-electron chi connectivity index (χ4n) is 5.72. The number of nitrogens with zero attached hydrogens (tertiary/aromatic N) is 5. The zero-order valence-electron chi connectivity index (χ0n) is 22.0. The van der Waals surface area contributed by atoms with Gasteiger partial charge in [0.15, 0.2) is 0 Å². The lowest BCUT2D eigenvalue weighted by atomic mass is 9.89. The number of aryl methyl sites for hydroxylation is 1. The number of fused-ring (bicyclic) bond motifs is 1. The lowest BCUT2D eigenvalue weighted by Gasteiger charge is -2.38. The highest BCUT2D eigenvalue weighted by atomic mass is 16.2. The Labute approximate surface area is 218 Å². The minimum Gasteiger partial charge on any atom is -0.383 e. The Balaban J connectivity index is 1.36. The Kier molecular flexibility index (Phi) is 7.15. The lowest BCUT2D eigenvalue weighted by molar-refractivity contribution is -0.146. The number of carbonyl (C=O) groups excluding carboxylic acids is 2. The maximum Gasteiger partial charge on any atom is 0.313 e. The van der Waals surface area contributed by atoms with E-state index in [0.717, 1.165) is 54.4 Å². The predicted octanol–water partition coefficient (Wildman–Crippen LogP) is 3.78. The van der Waals surface area contributed by atoms with E-state index in [9.17, 15) is 9.59 Å². The number of anilines is 2. The number of likely N-dealkylation sites (N-methyl/N-ethyl adjacent to an activating group) is 1. The normalized spacial score (nSPS) is 22.8. The van der Waals surface area contributed by atoms with Gasteiger partial charge in [-0.05, 0) is 80.9 Å². The minimum absolute atomic E-state index is 0.154. The van der Waals surface area contributed by atoms with E-state index < -0.39 is 11.8 Å². The SMILES string of the molecule is CCc1cc(NC(=O)C(=O)N2C[C@@H](C)CC[C@@H]2c2ccc3nn([C@@H]4CCCN(C)C4)cc3c2)cnc1N. The molecule has 3 aromatic rings. The summed E-state index contributed by atoms with van der Waals surface area (Å²) in [5.74, 6) is -0.408. The molecule has 2 aliphatic heterocycles. The van der Waals surface area contributed by atoms with Crippen LogP contribution in [0.1, 0.15) is 62.7 Å². The Morgan fingerprint density at radius 3 is 2.78 bits per heavy atom. The number of nitrogen functional groups attached to an aromatic ring is 1. The smallest absolute Gasteiger partial charge is 0.313 e. The van der Waals surface area contributed by atoms with E-state index in [2.05, 4.69) is 52.2 Å². The summed E-state index contributed by atoms with van der Waals surface area (Å²) in [6.07, 6.45) is 8.44. The van der Waals surface area contributed by atoms with E-state index in [1.807, 2.05) is 13.0 Å². The van der Waals surface area contributed by atoms with Crippen molar-refractivity contribution in [3.63, 3.8) is 0 Å². The van der Waals surface area contributed by atoms with E-state index in [1.165, 1.54) is 12.6 Å². The Bertz CT molecular complexity index is 1300. The first-order valence-corrected chi connectivity index (χ1v) is 13.4. The van der Waals surface area contributed by atoms with Crippen molar-refractivity contribution in [1.29, 1.82) is 0 Å². The van der Waals surface area contributed by atoms with Crippen LogP contribution in [0.15, 0.2) is 36.7 Å². The molecule has 4 heterocycles. The van der Waals surface area contributed by atoms with Gasteiger partial charge in [0.1, 0.15) is 5.82 Å². The van der Waals surface area contributed by atoms with Crippen LogP contribution in [0.5, 0.6) is 0 Å². The monoisotopic (exact) mass is 503 g/mol. The van der Waals surface area contributed by atoms with Gasteiger partial charge in [-0.25, -0.2) is 4.98 Å². The summed E-state index contributed by atoms with van der Waals surface area (Å²) in [4.78, 5) is 34.7. The summed E-state index contributed by atoms with van der Waals surface area (Å²) in [7, 11) is 2.16. The van der Waals surface area contributed by atoms with Crippen LogP contribution in [-0.4, -0.2) is 63.1 Å². The average molecular weight is 504 g/mol. The van der Waals surface area contributed by atoms with Crippen molar-refractivity contribution in [2.24, 2.45) is 5.92 Å². The molecular weight excluding hydrogens is 466 g/mol. The first-order valence-electron chi connectivity index (χ1n) is 13.4. The second-order valence-electron chi connectivity index (χ2n) is 10.7. The Morgan fingerprint density at radius 1 is 1.16 bits per heavy atom. The molecule has 9 heteroatoms. The molecule has 0 spiro atoms. The third kappa shape index (κ3) is 5.32. The predicted molar refractivity (Wildman–Crippen MR) is 145 cm³/mol. The Morgan fingerprint density at radius 2 is 2.00 bits per heavy atom. The van der Waals surface area contributed by atoms with Gasteiger partial charge in [0.05, 0.1) is 29.5 Å². The topological polar surface area (TPSA) is 109 Å². The first-order chi connectivity index (χ1) is 17.8. The number of piperidine rings is 2. The van der Waals surface area contributed by atoms with Crippen LogP contribution in [0.25, 0.3) is 10.9 Å². The number of hydrogen-bond donors (Lipinski definition) is 2. The van der Waals surface area contributed by atoms with Gasteiger partial charge in [0.2, 0.25) is 0 Å². The highest BCUT2D eigenvalue weighted by Crippen LogP contribution is 2.35. The molecule has 2 aromatic heterocycles. The van der Waals surface area contributed by atoms with Crippen LogP contribution in [0.3, 0.4) is 0 Å². The second kappa shape index (κ2) is 10.5. The van der Waals surface area contributed by atoms with Crippen molar-refractivity contribution < 1.29 is 9.59 Å². The molecule has 37 heavy (non-hydrogen) atoms. The standard InChI is InChI=1S/C28H37N7O2/c1-4-19-13-22(14-30-26(19)29)31-27(36)28(37)34-15-18(2)7-10-25(34)20-8-9-24-21(12-20)16-35(32-24)23-6-5-11-33(3)17-23/h8-9,12-14,16,18,23,25H,4-7,10-11,15,17H2,1-3H3,(H2,29,30)(H,31,36)/t18-,23+,25+/m0/s1. The third-order valence-corrected chi connectivity index (χ3v) is 7.82. The van der Waals surface area contributed by atoms with Gasteiger partial charge in [0, 0.05) is 24.7 Å². The van der Waals surface area contributed by atoms with Gasteiger partial charge >= 0.3 is 11.8 Å². The number of hydrogen-bond acceptors (Lipinski definition) is 6. The van der Waals surface area contributed by atoms with Gasteiger partial charge < -0.3 is 20.9 Å². The molecule has 9 nitrogen and oxygen atoms in total. The van der Waals surface area contributed by atoms with Crippen molar-refractivity contribution in [2.75, 3.05) is 37.7 Å². The van der Waals surface area contributed by atoms with Crippen molar-refractivity contribution in [1.82, 2.24) is 24.6 Å². The van der Waals surface area contributed by atoms with Crippen molar-refractivity contribution in [3.05, 3.63) is 47.8 Å². The molecule has 2 fully saturated rings. The number of pyridine rings is 1. The number of rotatable bonds is 4. The minimum atomic E-state index is -0.650. The van der Waals surface area contributed by atoms with E-state index in [-0.39, 0.29) is 6.04 Å². The number of nitrogens with one attached hydrogen (secondary N) is 1. The summed E-state index contributed by atoms with van der Waals surface area (Å²) in [6.45, 7) is 6.77. The Hall–Kier alpha value is -3.46. The molecule has 2 amide bonds. The molecule has 5 rings (SSSR count). The first kappa shape index (κ1) is 25.2. The molecule has 2 saturated heterocycles. The van der Waals surface area contributed by atoms with E-state index in [4.69, 9.17) is 10.8 Å². The molecule has 0 radical (unpaired) electrons. The number of carbonyl (C=O) groups is 2. The molecule has 196 valence electrons. The van der Waals surface area contributed by atoms with Crippen molar-refractivity contribution in [2.45, 2.75) is 58.0 Å². The number of benzene rings is 1. The van der Waals surface area contributed by atoms with E-state index in [0.29, 0.717) is 36.4 Å². The van der Waals surface area contributed by atoms with Crippen LogP contribution in [0.2, 0.25) is 0 Å². The zero-order chi connectivity index (χ0) is 26.1. The maximum absolute atomic E-state index is 13.4. The fraction of sp³-hybridized carbons (Fsp3) is 0.500. The summed E-state index contributed by atoms with van der Waals surface area (Å²) < 4.78 is 2.11. The molecule has 3 N–H and O–H groups in total. The third-order valence-electron chi connectivity index (χ3n) is 7.82. The fourth-order valence-corrected chi connectivity index (χ4v) is 5.72. The van der Waals surface area contributed by atoms with Crippen molar-refractivity contribution in [3.8, 4) is 0 Å². The summed E-state index contributed by atoms with van der Waals surface area (Å²) in [5, 5.41) is 8.65. The molecule has 0 saturated carbocycles. The number of amides is 2. The molecule has 2 aliphatic rings. The highest BCUT2D eigenvalue weighted by molar-refractivity contribution is 6.39. The zero-order valence-corrected chi connectivity index (χ0v) is 22.0. The largest absolute Gasteiger partial charge is 0.383 e. The summed E-state index contributed by atoms with van der Waals surface area (Å²) in [6, 6.07) is 8.24. The van der Waals surface area contributed by atoms with Crippen LogP contribution in [0, 0.1) is 5.92 Å². The number of nitrogens with two attached hydrogens (primary N) is 1. The van der Waals surface area contributed by atoms with Gasteiger partial charge in [-0.3, -0.25) is 14.3 Å². The van der Waals surface area contributed by atoms with E-state index in [1.54, 1.807) is 11.0 Å². The van der Waals surface area contributed by atoms with Crippen LogP contribution in [0.4, 0.5) is 11.5 Å². The van der Waals surface area contributed by atoms with Gasteiger partial charge in [-0.2, -0.15) is 5.10 Å².